The second-order valence-electron chi connectivity index (χ2n) is 7.14. The summed E-state index contributed by atoms with van der Waals surface area (Å²) >= 11 is 0. The summed E-state index contributed by atoms with van der Waals surface area (Å²) in [7, 11) is 1.35. The molecular formula is C22H18F6N4O3. The first-order valence-corrected chi connectivity index (χ1v) is 9.91. The minimum absolute atomic E-state index is 0.0289. The van der Waals surface area contributed by atoms with Gasteiger partial charge in [-0.05, 0) is 18.2 Å². The molecule has 1 aromatic carbocycles. The maximum absolute atomic E-state index is 15.0. The van der Waals surface area contributed by atoms with Gasteiger partial charge >= 0.3 is 6.18 Å². The van der Waals surface area contributed by atoms with Crippen LogP contribution in [0.3, 0.4) is 0 Å². The number of pyridine rings is 1. The third kappa shape index (κ3) is 6.88. The Hall–Kier alpha value is -3.74. The maximum Gasteiger partial charge on any atom is 0.411 e. The number of nitrogens with one attached hydrogen (secondary N) is 1. The number of nitrogens with zero attached hydrogens (tertiary/aromatic N) is 3. The van der Waals surface area contributed by atoms with Crippen molar-refractivity contribution in [3.63, 3.8) is 0 Å². The predicted octanol–water partition coefficient (Wildman–Crippen LogP) is 4.29. The Bertz CT molecular complexity index is 1160. The number of rotatable bonds is 9. The molecule has 0 unspecified atom stereocenters. The topological polar surface area (TPSA) is 86.2 Å². The molecule has 0 saturated carbocycles. The molecule has 35 heavy (non-hydrogen) atoms. The van der Waals surface area contributed by atoms with Crippen molar-refractivity contribution in [2.45, 2.75) is 18.7 Å². The van der Waals surface area contributed by atoms with Crippen molar-refractivity contribution in [3.05, 3.63) is 71.6 Å². The van der Waals surface area contributed by atoms with Crippen LogP contribution in [-0.2, 0) is 17.3 Å². The smallest absolute Gasteiger partial charge is 0.411 e. The summed E-state index contributed by atoms with van der Waals surface area (Å²) in [5.74, 6) is -5.85. The first-order chi connectivity index (χ1) is 16.5. The zero-order valence-electron chi connectivity index (χ0n) is 18.1. The second kappa shape index (κ2) is 10.7. The van der Waals surface area contributed by atoms with Gasteiger partial charge in [0.1, 0.15) is 12.4 Å². The average molecular weight is 500 g/mol. The van der Waals surface area contributed by atoms with Crippen LogP contribution in [0, 0.1) is 5.82 Å². The number of halogens is 6. The summed E-state index contributed by atoms with van der Waals surface area (Å²) in [5.41, 5.74) is -1.25. The highest BCUT2D eigenvalue weighted by molar-refractivity contribution is 5.93. The van der Waals surface area contributed by atoms with E-state index in [0.717, 1.165) is 18.5 Å². The number of alkyl halides is 5. The first-order valence-electron chi connectivity index (χ1n) is 9.91. The van der Waals surface area contributed by atoms with Crippen LogP contribution in [-0.4, -0.2) is 47.3 Å². The molecular weight excluding hydrogens is 482 g/mol. The van der Waals surface area contributed by atoms with Gasteiger partial charge in [-0.3, -0.25) is 9.78 Å². The van der Waals surface area contributed by atoms with E-state index in [1.54, 1.807) is 0 Å². The lowest BCUT2D eigenvalue weighted by atomic mass is 9.98. The van der Waals surface area contributed by atoms with Crippen LogP contribution in [0.2, 0.25) is 0 Å². The van der Waals surface area contributed by atoms with Gasteiger partial charge in [0.2, 0.25) is 5.88 Å². The number of ether oxygens (including phenoxy) is 2. The van der Waals surface area contributed by atoms with Crippen molar-refractivity contribution in [2.24, 2.45) is 0 Å². The minimum atomic E-state index is -4.50. The molecule has 2 aromatic heterocycles. The highest BCUT2D eigenvalue weighted by Crippen LogP contribution is 2.37. The normalized spacial score (nSPS) is 11.9. The fourth-order valence-electron chi connectivity index (χ4n) is 2.97. The number of hydrogen-bond acceptors (Lipinski definition) is 6. The Morgan fingerprint density at radius 1 is 1.00 bits per heavy atom. The lowest BCUT2D eigenvalue weighted by molar-refractivity contribution is -0.176. The summed E-state index contributed by atoms with van der Waals surface area (Å²) in [5, 5.41) is 2.01. The number of benzene rings is 1. The Morgan fingerprint density at radius 3 is 2.37 bits per heavy atom. The zero-order chi connectivity index (χ0) is 25.6. The van der Waals surface area contributed by atoms with Crippen molar-refractivity contribution in [2.75, 3.05) is 20.3 Å². The zero-order valence-corrected chi connectivity index (χ0v) is 18.1. The van der Waals surface area contributed by atoms with Gasteiger partial charge in [-0.15, -0.1) is 0 Å². The molecule has 1 N–H and O–H groups in total. The highest BCUT2D eigenvalue weighted by Gasteiger charge is 2.38. The molecule has 0 aliphatic rings. The van der Waals surface area contributed by atoms with Crippen LogP contribution in [0.1, 0.15) is 21.6 Å². The summed E-state index contributed by atoms with van der Waals surface area (Å²) in [6.45, 7) is -3.17. The molecule has 0 atom stereocenters. The minimum Gasteiger partial charge on any atom is -0.480 e. The van der Waals surface area contributed by atoms with E-state index in [0.29, 0.717) is 0 Å². The Balaban J connectivity index is 1.70. The van der Waals surface area contributed by atoms with E-state index in [1.165, 1.54) is 37.6 Å². The van der Waals surface area contributed by atoms with Gasteiger partial charge in [0, 0.05) is 11.8 Å². The van der Waals surface area contributed by atoms with E-state index in [1.807, 2.05) is 5.32 Å². The summed E-state index contributed by atoms with van der Waals surface area (Å²) < 4.78 is 90.2. The van der Waals surface area contributed by atoms with E-state index in [2.05, 4.69) is 19.7 Å². The van der Waals surface area contributed by atoms with E-state index in [-0.39, 0.29) is 28.4 Å². The molecule has 13 heteroatoms. The predicted molar refractivity (Wildman–Crippen MR) is 110 cm³/mol. The quantitative estimate of drug-likeness (QED) is 0.442. The van der Waals surface area contributed by atoms with Gasteiger partial charge in [-0.25, -0.2) is 14.4 Å². The van der Waals surface area contributed by atoms with E-state index < -0.39 is 49.1 Å². The number of methoxy groups -OCH3 is 1. The molecule has 0 spiro atoms. The molecule has 7 nitrogen and oxygen atoms in total. The van der Waals surface area contributed by atoms with E-state index >= 15 is 8.78 Å². The molecule has 1 amide bonds. The van der Waals surface area contributed by atoms with Gasteiger partial charge in [0.15, 0.2) is 0 Å². The standard InChI is InChI=1S/C22H18F6N4O3/c1-34-18-9-30-17(8-31-18)15-3-2-4-16(23)19(15)21(24,25)11-32-20(33)13-5-6-14(29-7-13)10-35-12-22(26,27)28/h2-9H,10-12H2,1H3,(H,32,33). The molecule has 0 aliphatic carbocycles. The van der Waals surface area contributed by atoms with Crippen LogP contribution in [0.5, 0.6) is 5.88 Å². The van der Waals surface area contributed by atoms with E-state index in [9.17, 15) is 22.4 Å². The van der Waals surface area contributed by atoms with Crippen LogP contribution >= 0.6 is 0 Å². The number of aromatic nitrogens is 3. The highest BCUT2D eigenvalue weighted by atomic mass is 19.4. The van der Waals surface area contributed by atoms with Gasteiger partial charge in [0.25, 0.3) is 11.8 Å². The Morgan fingerprint density at radius 2 is 1.77 bits per heavy atom. The van der Waals surface area contributed by atoms with Gasteiger partial charge in [0.05, 0.1) is 55.2 Å². The van der Waals surface area contributed by atoms with Gasteiger partial charge in [-0.2, -0.15) is 22.0 Å². The molecule has 2 heterocycles. The lowest BCUT2D eigenvalue weighted by Crippen LogP contribution is -2.36. The second-order valence-corrected chi connectivity index (χ2v) is 7.14. The monoisotopic (exact) mass is 500 g/mol. The Labute approximate surface area is 195 Å². The molecule has 0 fully saturated rings. The third-order valence-corrected chi connectivity index (χ3v) is 4.57. The molecule has 186 valence electrons. The molecule has 0 aliphatic heterocycles. The SMILES string of the molecule is COc1cnc(-c2cccc(F)c2C(F)(F)CNC(=O)c2ccc(COCC(F)(F)F)nc2)cn1. The number of hydrogen-bond donors (Lipinski definition) is 1. The van der Waals surface area contributed by atoms with Gasteiger partial charge in [-0.1, -0.05) is 12.1 Å². The number of carbonyl (C=O) groups is 1. The van der Waals surface area contributed by atoms with Gasteiger partial charge < -0.3 is 14.8 Å². The van der Waals surface area contributed by atoms with Crippen molar-refractivity contribution in [3.8, 4) is 17.1 Å². The largest absolute Gasteiger partial charge is 0.480 e. The van der Waals surface area contributed by atoms with Crippen molar-refractivity contribution in [1.82, 2.24) is 20.3 Å². The van der Waals surface area contributed by atoms with Crippen LogP contribution in [0.25, 0.3) is 11.3 Å². The molecule has 3 rings (SSSR count). The summed E-state index contributed by atoms with van der Waals surface area (Å²) in [6, 6.07) is 5.75. The summed E-state index contributed by atoms with van der Waals surface area (Å²) in [6.07, 6.45) is -1.16. The average Bonchev–Trinajstić information content (AvgIpc) is 2.82. The summed E-state index contributed by atoms with van der Waals surface area (Å²) in [4.78, 5) is 23.9. The third-order valence-electron chi connectivity index (χ3n) is 4.57. The fourth-order valence-corrected chi connectivity index (χ4v) is 2.97. The van der Waals surface area contributed by atoms with Crippen molar-refractivity contribution in [1.29, 1.82) is 0 Å². The molecule has 0 bridgehead atoms. The Kier molecular flexibility index (Phi) is 7.89. The van der Waals surface area contributed by atoms with Crippen molar-refractivity contribution >= 4 is 5.91 Å². The van der Waals surface area contributed by atoms with Crippen molar-refractivity contribution < 1.29 is 40.6 Å². The van der Waals surface area contributed by atoms with Crippen LogP contribution < -0.4 is 10.1 Å². The fraction of sp³-hybridized carbons (Fsp3) is 0.273. The molecule has 3 aromatic rings. The molecule has 0 radical (unpaired) electrons. The number of carbonyl (C=O) groups excluding carboxylic acids is 1. The lowest BCUT2D eigenvalue weighted by Gasteiger charge is -2.21. The molecule has 0 saturated heterocycles. The van der Waals surface area contributed by atoms with Crippen LogP contribution in [0.15, 0.2) is 48.9 Å². The maximum atomic E-state index is 15.0. The number of amides is 1. The van der Waals surface area contributed by atoms with E-state index in [4.69, 9.17) is 4.74 Å². The first kappa shape index (κ1) is 25.9. The van der Waals surface area contributed by atoms with Crippen LogP contribution in [0.4, 0.5) is 26.3 Å².